The maximum atomic E-state index is 12.8. The van der Waals surface area contributed by atoms with Crippen molar-refractivity contribution in [1.82, 2.24) is 15.1 Å². The number of esters is 1. The zero-order valence-corrected chi connectivity index (χ0v) is 17.4. The number of rotatable bonds is 7. The minimum atomic E-state index is -0.658. The summed E-state index contributed by atoms with van der Waals surface area (Å²) >= 11 is 1.39. The molecule has 0 fully saturated rings. The van der Waals surface area contributed by atoms with Crippen LogP contribution < -0.4 is 5.32 Å². The van der Waals surface area contributed by atoms with Gasteiger partial charge in [0.2, 0.25) is 0 Å². The first-order valence-corrected chi connectivity index (χ1v) is 10.2. The summed E-state index contributed by atoms with van der Waals surface area (Å²) in [6, 6.07) is 11.3. The van der Waals surface area contributed by atoms with Gasteiger partial charge in [0.05, 0.1) is 24.2 Å². The lowest BCUT2D eigenvalue weighted by Crippen LogP contribution is -2.45. The van der Waals surface area contributed by atoms with Crippen molar-refractivity contribution < 1.29 is 14.3 Å². The van der Waals surface area contributed by atoms with Crippen molar-refractivity contribution in [3.8, 4) is 0 Å². The topological polar surface area (TPSA) is 73.2 Å². The Morgan fingerprint density at radius 2 is 2.00 bits per heavy atom. The number of amides is 1. The smallest absolute Gasteiger partial charge is 0.328 e. The molecule has 0 aliphatic heterocycles. The largest absolute Gasteiger partial charge is 0.467 e. The summed E-state index contributed by atoms with van der Waals surface area (Å²) in [5.74, 6) is -0.695. The average Bonchev–Trinajstić information content (AvgIpc) is 3.27. The van der Waals surface area contributed by atoms with Gasteiger partial charge in [-0.3, -0.25) is 9.48 Å². The van der Waals surface area contributed by atoms with Crippen molar-refractivity contribution in [1.29, 1.82) is 0 Å². The highest BCUT2D eigenvalue weighted by Crippen LogP contribution is 2.29. The Bertz CT molecular complexity index is 978. The van der Waals surface area contributed by atoms with Crippen molar-refractivity contribution in [2.45, 2.75) is 39.8 Å². The summed E-state index contributed by atoms with van der Waals surface area (Å²) in [4.78, 5) is 26.4. The highest BCUT2D eigenvalue weighted by atomic mass is 32.1. The van der Waals surface area contributed by atoms with Gasteiger partial charge < -0.3 is 10.1 Å². The van der Waals surface area contributed by atoms with Gasteiger partial charge in [0, 0.05) is 5.39 Å². The first-order chi connectivity index (χ1) is 13.4. The molecule has 7 heteroatoms. The Labute approximate surface area is 168 Å². The van der Waals surface area contributed by atoms with Crippen LogP contribution >= 0.6 is 11.3 Å². The van der Waals surface area contributed by atoms with Crippen molar-refractivity contribution in [2.75, 3.05) is 7.11 Å². The van der Waals surface area contributed by atoms with Crippen molar-refractivity contribution in [2.24, 2.45) is 5.92 Å². The van der Waals surface area contributed by atoms with Gasteiger partial charge in [0.1, 0.15) is 10.9 Å². The molecule has 1 N–H and O–H groups in total. The molecule has 148 valence electrons. The van der Waals surface area contributed by atoms with E-state index in [4.69, 9.17) is 4.74 Å². The minimum absolute atomic E-state index is 0.0129. The van der Waals surface area contributed by atoms with Gasteiger partial charge in [-0.05, 0) is 24.5 Å². The number of thiophene rings is 1. The van der Waals surface area contributed by atoms with E-state index in [2.05, 4.69) is 22.5 Å². The summed E-state index contributed by atoms with van der Waals surface area (Å²) in [5.41, 5.74) is 2.03. The van der Waals surface area contributed by atoms with Gasteiger partial charge in [0.25, 0.3) is 5.91 Å². The number of hydrogen-bond acceptors (Lipinski definition) is 5. The number of ether oxygens (including phenoxy) is 1. The Balaban J connectivity index is 1.86. The van der Waals surface area contributed by atoms with Gasteiger partial charge in [-0.15, -0.1) is 11.3 Å². The van der Waals surface area contributed by atoms with Crippen LogP contribution in [0.5, 0.6) is 0 Å². The second kappa shape index (κ2) is 8.56. The summed E-state index contributed by atoms with van der Waals surface area (Å²) in [6.45, 7) is 6.49. The molecule has 0 aliphatic carbocycles. The van der Waals surface area contributed by atoms with Gasteiger partial charge in [0.15, 0.2) is 0 Å². The second-order valence-electron chi connectivity index (χ2n) is 6.92. The summed E-state index contributed by atoms with van der Waals surface area (Å²) < 4.78 is 6.78. The third kappa shape index (κ3) is 4.09. The van der Waals surface area contributed by atoms with Crippen LogP contribution in [0.1, 0.15) is 41.2 Å². The van der Waals surface area contributed by atoms with E-state index in [-0.39, 0.29) is 11.8 Å². The molecule has 0 saturated heterocycles. The molecule has 0 radical (unpaired) electrons. The standard InChI is InChI=1S/C21H25N3O3S/c1-5-13(2)18(21(26)27-4)22-19(25)17-11-16-14(3)23-24(20(16)28-17)12-15-9-7-6-8-10-15/h6-11,13,18H,5,12H2,1-4H3,(H,22,25)/t13-,18-/m0/s1. The van der Waals surface area contributed by atoms with E-state index in [1.807, 2.05) is 49.7 Å². The van der Waals surface area contributed by atoms with E-state index >= 15 is 0 Å². The van der Waals surface area contributed by atoms with E-state index in [9.17, 15) is 9.59 Å². The molecule has 1 amide bonds. The molecule has 0 unspecified atom stereocenters. The first-order valence-electron chi connectivity index (χ1n) is 9.34. The van der Waals surface area contributed by atoms with Crippen LogP contribution in [0.3, 0.4) is 0 Å². The lowest BCUT2D eigenvalue weighted by Gasteiger charge is -2.21. The molecule has 0 bridgehead atoms. The number of aromatic nitrogens is 2. The minimum Gasteiger partial charge on any atom is -0.467 e. The summed E-state index contributed by atoms with van der Waals surface area (Å²) in [6.07, 6.45) is 0.762. The van der Waals surface area contributed by atoms with Crippen LogP contribution in [-0.2, 0) is 16.1 Å². The maximum Gasteiger partial charge on any atom is 0.328 e. The van der Waals surface area contributed by atoms with E-state index in [0.29, 0.717) is 11.4 Å². The predicted molar refractivity (Wildman–Crippen MR) is 111 cm³/mol. The molecule has 6 nitrogen and oxygen atoms in total. The fourth-order valence-corrected chi connectivity index (χ4v) is 4.16. The van der Waals surface area contributed by atoms with Gasteiger partial charge in [-0.1, -0.05) is 50.6 Å². The number of nitrogens with zero attached hydrogens (tertiary/aromatic N) is 2. The predicted octanol–water partition coefficient (Wildman–Crippen LogP) is 3.77. The Morgan fingerprint density at radius 1 is 1.29 bits per heavy atom. The SMILES string of the molecule is CC[C@H](C)[C@H](NC(=O)c1cc2c(C)nn(Cc3ccccc3)c2s1)C(=O)OC. The molecular formula is C21H25N3O3S. The lowest BCUT2D eigenvalue weighted by molar-refractivity contribution is -0.144. The van der Waals surface area contributed by atoms with Crippen LogP contribution in [0.2, 0.25) is 0 Å². The molecule has 1 aromatic carbocycles. The maximum absolute atomic E-state index is 12.8. The lowest BCUT2D eigenvalue weighted by atomic mass is 9.99. The number of benzene rings is 1. The molecule has 2 heterocycles. The summed E-state index contributed by atoms with van der Waals surface area (Å²) in [7, 11) is 1.34. The molecule has 3 rings (SSSR count). The van der Waals surface area contributed by atoms with Crippen LogP contribution in [-0.4, -0.2) is 34.8 Å². The molecule has 3 aromatic rings. The molecule has 28 heavy (non-hydrogen) atoms. The van der Waals surface area contributed by atoms with E-state index < -0.39 is 12.0 Å². The first kappa shape index (κ1) is 20.1. The van der Waals surface area contributed by atoms with E-state index in [1.165, 1.54) is 18.4 Å². The Kier molecular flexibility index (Phi) is 6.14. The number of carbonyl (C=O) groups is 2. The fourth-order valence-electron chi connectivity index (χ4n) is 3.10. The van der Waals surface area contributed by atoms with E-state index in [0.717, 1.165) is 27.9 Å². The van der Waals surface area contributed by atoms with Gasteiger partial charge >= 0.3 is 5.97 Å². The van der Waals surface area contributed by atoms with Gasteiger partial charge in [-0.25, -0.2) is 4.79 Å². The second-order valence-corrected chi connectivity index (χ2v) is 7.95. The fraction of sp³-hybridized carbons (Fsp3) is 0.381. The van der Waals surface area contributed by atoms with Crippen LogP contribution in [0, 0.1) is 12.8 Å². The number of hydrogen-bond donors (Lipinski definition) is 1. The summed E-state index contributed by atoms with van der Waals surface area (Å²) in [5, 5.41) is 8.41. The Hall–Kier alpha value is -2.67. The average molecular weight is 400 g/mol. The van der Waals surface area contributed by atoms with Crippen LogP contribution in [0.15, 0.2) is 36.4 Å². The van der Waals surface area contributed by atoms with Crippen LogP contribution in [0.25, 0.3) is 10.2 Å². The third-order valence-electron chi connectivity index (χ3n) is 4.96. The van der Waals surface area contributed by atoms with Crippen LogP contribution in [0.4, 0.5) is 0 Å². The van der Waals surface area contributed by atoms with Gasteiger partial charge in [-0.2, -0.15) is 5.10 Å². The highest BCUT2D eigenvalue weighted by molar-refractivity contribution is 7.20. The normalized spacial score (nSPS) is 13.3. The quantitative estimate of drug-likeness (QED) is 0.614. The molecule has 2 atom stereocenters. The van der Waals surface area contributed by atoms with E-state index in [1.54, 1.807) is 0 Å². The zero-order chi connectivity index (χ0) is 20.3. The monoisotopic (exact) mass is 399 g/mol. The zero-order valence-electron chi connectivity index (χ0n) is 16.6. The van der Waals surface area contributed by atoms with Crippen molar-refractivity contribution >= 4 is 33.4 Å². The molecular weight excluding hydrogens is 374 g/mol. The third-order valence-corrected chi connectivity index (χ3v) is 6.11. The highest BCUT2D eigenvalue weighted by Gasteiger charge is 2.28. The number of carbonyl (C=O) groups excluding carboxylic acids is 2. The number of nitrogens with one attached hydrogen (secondary N) is 1. The number of methoxy groups -OCH3 is 1. The Morgan fingerprint density at radius 3 is 2.64 bits per heavy atom. The molecule has 0 saturated carbocycles. The van der Waals surface area contributed by atoms with Crippen molar-refractivity contribution in [3.63, 3.8) is 0 Å². The van der Waals surface area contributed by atoms with Crippen molar-refractivity contribution in [3.05, 3.63) is 52.5 Å². The number of fused-ring (bicyclic) bond motifs is 1. The molecule has 2 aromatic heterocycles. The molecule has 0 spiro atoms. The number of aryl methyl sites for hydroxylation is 1. The molecule has 0 aliphatic rings.